The third-order valence-corrected chi connectivity index (χ3v) is 2.70. The number of pyridine rings is 1. The molecular weight excluding hydrogens is 287 g/mol. The topological polar surface area (TPSA) is 12.9 Å². The molecule has 0 spiro atoms. The van der Waals surface area contributed by atoms with Crippen molar-refractivity contribution in [2.75, 3.05) is 0 Å². The zero-order valence-corrected chi connectivity index (χ0v) is 9.30. The van der Waals surface area contributed by atoms with E-state index in [0.717, 1.165) is 6.07 Å². The summed E-state index contributed by atoms with van der Waals surface area (Å²) < 4.78 is 24.4. The van der Waals surface area contributed by atoms with Crippen molar-refractivity contribution in [3.05, 3.63) is 27.5 Å². The van der Waals surface area contributed by atoms with Gasteiger partial charge in [-0.3, -0.25) is 0 Å². The first-order valence-corrected chi connectivity index (χ1v) is 5.13. The minimum absolute atomic E-state index is 0.0985. The van der Waals surface area contributed by atoms with Crippen LogP contribution in [-0.4, -0.2) is 4.98 Å². The second-order valence-corrected chi connectivity index (χ2v) is 3.57. The third-order valence-electron chi connectivity index (χ3n) is 1.35. The molecule has 6 heteroatoms. The van der Waals surface area contributed by atoms with E-state index in [1.807, 2.05) is 0 Å². The molecule has 72 valence electrons. The van der Waals surface area contributed by atoms with Crippen LogP contribution in [0.1, 0.15) is 17.8 Å². The maximum atomic E-state index is 12.2. The highest BCUT2D eigenvalue weighted by molar-refractivity contribution is 9.08. The smallest absolute Gasteiger partial charge is 0.249 e. The van der Waals surface area contributed by atoms with Crippen molar-refractivity contribution in [1.82, 2.24) is 4.98 Å². The van der Waals surface area contributed by atoms with Crippen LogP contribution < -0.4 is 0 Å². The normalized spacial score (nSPS) is 10.9. The molecule has 1 rings (SSSR count). The van der Waals surface area contributed by atoms with E-state index >= 15 is 0 Å². The van der Waals surface area contributed by atoms with Gasteiger partial charge in [0.15, 0.2) is 0 Å². The van der Waals surface area contributed by atoms with Crippen molar-refractivity contribution in [3.8, 4) is 0 Å². The zero-order valence-electron chi connectivity index (χ0n) is 6.20. The van der Waals surface area contributed by atoms with Gasteiger partial charge in [0.25, 0.3) is 6.43 Å². The molecule has 13 heavy (non-hydrogen) atoms. The molecule has 0 saturated heterocycles. The number of hydrogen-bond acceptors (Lipinski definition) is 1. The van der Waals surface area contributed by atoms with Gasteiger partial charge < -0.3 is 0 Å². The molecule has 0 aliphatic rings. The van der Waals surface area contributed by atoms with E-state index in [4.69, 9.17) is 23.2 Å². The van der Waals surface area contributed by atoms with Gasteiger partial charge in [-0.1, -0.05) is 39.1 Å². The quantitative estimate of drug-likeness (QED) is 0.743. The van der Waals surface area contributed by atoms with Crippen LogP contribution in [-0.2, 0) is 5.33 Å². The third kappa shape index (κ3) is 2.51. The maximum absolute atomic E-state index is 12.2. The van der Waals surface area contributed by atoms with Crippen LogP contribution in [0.15, 0.2) is 6.07 Å². The van der Waals surface area contributed by atoms with Gasteiger partial charge in [0.05, 0.1) is 15.7 Å². The fourth-order valence-electron chi connectivity index (χ4n) is 0.769. The van der Waals surface area contributed by atoms with Crippen molar-refractivity contribution in [2.24, 2.45) is 0 Å². The van der Waals surface area contributed by atoms with Gasteiger partial charge >= 0.3 is 0 Å². The molecule has 0 unspecified atom stereocenters. The summed E-state index contributed by atoms with van der Waals surface area (Å²) in [5, 5.41) is 0.607. The lowest BCUT2D eigenvalue weighted by molar-refractivity contribution is 0.146. The Bertz CT molecular complexity index is 320. The first kappa shape index (κ1) is 11.1. The number of rotatable bonds is 2. The summed E-state index contributed by atoms with van der Waals surface area (Å²) in [4.78, 5) is 3.64. The fraction of sp³-hybridized carbons (Fsp3) is 0.286. The van der Waals surface area contributed by atoms with Crippen LogP contribution in [0.5, 0.6) is 0 Å². The Morgan fingerprint density at radius 3 is 2.54 bits per heavy atom. The highest BCUT2D eigenvalue weighted by Gasteiger charge is 2.14. The van der Waals surface area contributed by atoms with E-state index in [-0.39, 0.29) is 15.7 Å². The van der Waals surface area contributed by atoms with Crippen molar-refractivity contribution in [2.45, 2.75) is 11.8 Å². The Balaban J connectivity index is 3.22. The van der Waals surface area contributed by atoms with Crippen LogP contribution in [0.25, 0.3) is 0 Å². The van der Waals surface area contributed by atoms with Crippen LogP contribution >= 0.6 is 39.1 Å². The van der Waals surface area contributed by atoms with Crippen molar-refractivity contribution < 1.29 is 8.78 Å². The SMILES string of the molecule is FC(F)c1cc(Cl)c(Cl)c(CBr)n1. The molecule has 1 aromatic rings. The van der Waals surface area contributed by atoms with Crippen molar-refractivity contribution in [1.29, 1.82) is 0 Å². The van der Waals surface area contributed by atoms with Crippen molar-refractivity contribution in [3.63, 3.8) is 0 Å². The molecule has 1 heterocycles. The predicted octanol–water partition coefficient (Wildman–Crippen LogP) is 4.22. The van der Waals surface area contributed by atoms with E-state index in [1.54, 1.807) is 0 Å². The van der Waals surface area contributed by atoms with Gasteiger partial charge in [-0.05, 0) is 6.07 Å². The van der Waals surface area contributed by atoms with E-state index in [9.17, 15) is 8.78 Å². The Morgan fingerprint density at radius 1 is 1.46 bits per heavy atom. The van der Waals surface area contributed by atoms with E-state index in [2.05, 4.69) is 20.9 Å². The van der Waals surface area contributed by atoms with Gasteiger partial charge in [-0.25, -0.2) is 13.8 Å². The largest absolute Gasteiger partial charge is 0.280 e. The summed E-state index contributed by atoms with van der Waals surface area (Å²) in [6, 6.07) is 1.07. The second-order valence-electron chi connectivity index (χ2n) is 2.22. The highest BCUT2D eigenvalue weighted by atomic mass is 79.9. The number of hydrogen-bond donors (Lipinski definition) is 0. The molecular formula is C7H4BrCl2F2N. The monoisotopic (exact) mass is 289 g/mol. The van der Waals surface area contributed by atoms with Crippen molar-refractivity contribution >= 4 is 39.1 Å². The maximum Gasteiger partial charge on any atom is 0.280 e. The molecule has 0 aliphatic carbocycles. The van der Waals surface area contributed by atoms with Gasteiger partial charge in [-0.2, -0.15) is 0 Å². The summed E-state index contributed by atoms with van der Waals surface area (Å²) in [6.07, 6.45) is -2.63. The van der Waals surface area contributed by atoms with Gasteiger partial charge in [0, 0.05) is 5.33 Å². The molecule has 0 aliphatic heterocycles. The van der Waals surface area contributed by atoms with Crippen LogP contribution in [0.3, 0.4) is 0 Å². The average molecular weight is 291 g/mol. The first-order chi connectivity index (χ1) is 6.06. The van der Waals surface area contributed by atoms with Crippen LogP contribution in [0.2, 0.25) is 10.0 Å². The number of alkyl halides is 3. The van der Waals surface area contributed by atoms with E-state index in [0.29, 0.717) is 11.0 Å². The van der Waals surface area contributed by atoms with E-state index in [1.165, 1.54) is 0 Å². The number of aromatic nitrogens is 1. The average Bonchev–Trinajstić information content (AvgIpc) is 2.09. The summed E-state index contributed by atoms with van der Waals surface area (Å²) in [5.74, 6) is 0. The Hall–Kier alpha value is 0.0700. The number of nitrogens with zero attached hydrogens (tertiary/aromatic N) is 1. The molecule has 0 bridgehead atoms. The molecule has 0 radical (unpaired) electrons. The minimum Gasteiger partial charge on any atom is -0.249 e. The summed E-state index contributed by atoms with van der Waals surface area (Å²) in [7, 11) is 0. The van der Waals surface area contributed by atoms with Gasteiger partial charge in [-0.15, -0.1) is 0 Å². The lowest BCUT2D eigenvalue weighted by atomic mass is 10.3. The zero-order chi connectivity index (χ0) is 10.0. The molecule has 1 nitrogen and oxygen atoms in total. The minimum atomic E-state index is -2.63. The Morgan fingerprint density at radius 2 is 2.08 bits per heavy atom. The number of halogens is 5. The molecule has 0 N–H and O–H groups in total. The summed E-state index contributed by atoms with van der Waals surface area (Å²) >= 11 is 14.4. The lowest BCUT2D eigenvalue weighted by Crippen LogP contribution is -1.95. The molecule has 0 saturated carbocycles. The van der Waals surface area contributed by atoms with E-state index < -0.39 is 6.43 Å². The van der Waals surface area contributed by atoms with Crippen LogP contribution in [0.4, 0.5) is 8.78 Å². The summed E-state index contributed by atoms with van der Waals surface area (Å²) in [5.41, 5.74) is -0.0340. The fourth-order valence-corrected chi connectivity index (χ4v) is 1.72. The Kier molecular flexibility index (Phi) is 3.88. The standard InChI is InChI=1S/C7H4BrCl2F2N/c8-2-5-6(10)3(9)1-4(13-5)7(11)12/h1,7H,2H2. The predicted molar refractivity (Wildman–Crippen MR) is 51.8 cm³/mol. The Labute approximate surface area is 92.2 Å². The van der Waals surface area contributed by atoms with Crippen LogP contribution in [0, 0.1) is 0 Å². The van der Waals surface area contributed by atoms with Gasteiger partial charge in [0.1, 0.15) is 5.69 Å². The lowest BCUT2D eigenvalue weighted by Gasteiger charge is -2.05. The molecule has 1 aromatic heterocycles. The molecule has 0 atom stereocenters. The first-order valence-electron chi connectivity index (χ1n) is 3.25. The molecule has 0 fully saturated rings. The molecule has 0 aromatic carbocycles. The highest BCUT2D eigenvalue weighted by Crippen LogP contribution is 2.30. The summed E-state index contributed by atoms with van der Waals surface area (Å²) in [6.45, 7) is 0. The molecule has 0 amide bonds. The second kappa shape index (κ2) is 4.53. The van der Waals surface area contributed by atoms with Gasteiger partial charge in [0.2, 0.25) is 0 Å².